The molecule has 0 saturated carbocycles. The van der Waals surface area contributed by atoms with Crippen LogP contribution in [0.5, 0.6) is 17.2 Å². The van der Waals surface area contributed by atoms with Crippen molar-refractivity contribution >= 4 is 5.91 Å². The molecule has 0 aromatic heterocycles. The molecule has 0 bridgehead atoms. The van der Waals surface area contributed by atoms with Gasteiger partial charge in [-0.1, -0.05) is 42.5 Å². The topological polar surface area (TPSA) is 48.0 Å². The fourth-order valence-corrected chi connectivity index (χ4v) is 3.07. The van der Waals surface area contributed by atoms with Crippen molar-refractivity contribution in [2.45, 2.75) is 19.5 Å². The molecule has 0 unspecified atom stereocenters. The molecule has 0 N–H and O–H groups in total. The summed E-state index contributed by atoms with van der Waals surface area (Å²) in [5.74, 6) is 2.39. The van der Waals surface area contributed by atoms with Crippen molar-refractivity contribution < 1.29 is 19.0 Å². The van der Waals surface area contributed by atoms with Gasteiger partial charge in [-0.25, -0.2) is 0 Å². The summed E-state index contributed by atoms with van der Waals surface area (Å²) in [6.07, 6.45) is 0.307. The van der Waals surface area contributed by atoms with E-state index in [1.807, 2.05) is 83.8 Å². The molecule has 5 nitrogen and oxygen atoms in total. The largest absolute Gasteiger partial charge is 0.497 e. The lowest BCUT2D eigenvalue weighted by molar-refractivity contribution is -0.133. The van der Waals surface area contributed by atoms with E-state index < -0.39 is 0 Å². The van der Waals surface area contributed by atoms with Crippen molar-refractivity contribution in [2.75, 3.05) is 20.8 Å². The molecule has 3 rings (SSSR count). The van der Waals surface area contributed by atoms with Gasteiger partial charge in [0.25, 0.3) is 0 Å². The maximum absolute atomic E-state index is 13.0. The Hall–Kier alpha value is -3.47. The molecule has 0 radical (unpaired) electrons. The lowest BCUT2D eigenvalue weighted by atomic mass is 10.1. The number of nitrogens with zero attached hydrogens (tertiary/aromatic N) is 1. The van der Waals surface area contributed by atoms with Gasteiger partial charge in [-0.3, -0.25) is 4.79 Å². The van der Waals surface area contributed by atoms with Crippen LogP contribution < -0.4 is 14.2 Å². The molecule has 0 aliphatic rings. The van der Waals surface area contributed by atoms with E-state index in [1.54, 1.807) is 14.2 Å². The first-order valence-corrected chi connectivity index (χ1v) is 9.89. The van der Waals surface area contributed by atoms with Crippen LogP contribution in [0.2, 0.25) is 0 Å². The SMILES string of the molecule is COc1ccc(CN(Cc2ccc(OC)cc2)C(=O)CCOc2ccccc2)cc1. The fraction of sp³-hybridized carbons (Fsp3) is 0.240. The number of hydrogen-bond donors (Lipinski definition) is 0. The van der Waals surface area contributed by atoms with E-state index in [9.17, 15) is 4.79 Å². The Morgan fingerprint density at radius 3 is 1.67 bits per heavy atom. The lowest BCUT2D eigenvalue weighted by Gasteiger charge is -2.23. The number of rotatable bonds is 10. The van der Waals surface area contributed by atoms with Crippen LogP contribution in [-0.2, 0) is 17.9 Å². The van der Waals surface area contributed by atoms with E-state index in [1.165, 1.54) is 0 Å². The Morgan fingerprint density at radius 1 is 0.700 bits per heavy atom. The first-order chi connectivity index (χ1) is 14.7. The van der Waals surface area contributed by atoms with Gasteiger partial charge in [-0.2, -0.15) is 0 Å². The summed E-state index contributed by atoms with van der Waals surface area (Å²) >= 11 is 0. The molecular formula is C25H27NO4. The number of ether oxygens (including phenoxy) is 3. The third kappa shape index (κ3) is 6.27. The lowest BCUT2D eigenvalue weighted by Crippen LogP contribution is -2.31. The Balaban J connectivity index is 1.66. The average Bonchev–Trinajstić information content (AvgIpc) is 2.80. The zero-order valence-corrected chi connectivity index (χ0v) is 17.4. The van der Waals surface area contributed by atoms with Gasteiger partial charge in [0.05, 0.1) is 27.2 Å². The fourth-order valence-electron chi connectivity index (χ4n) is 3.07. The maximum Gasteiger partial charge on any atom is 0.226 e. The van der Waals surface area contributed by atoms with E-state index in [0.717, 1.165) is 28.4 Å². The van der Waals surface area contributed by atoms with E-state index in [2.05, 4.69) is 0 Å². The van der Waals surface area contributed by atoms with Crippen LogP contribution in [0, 0.1) is 0 Å². The Labute approximate surface area is 177 Å². The normalized spacial score (nSPS) is 10.3. The Kier molecular flexibility index (Phi) is 7.72. The molecule has 30 heavy (non-hydrogen) atoms. The van der Waals surface area contributed by atoms with Gasteiger partial charge in [0.1, 0.15) is 17.2 Å². The van der Waals surface area contributed by atoms with Crippen molar-refractivity contribution in [3.05, 3.63) is 90.0 Å². The zero-order chi connectivity index (χ0) is 21.2. The predicted molar refractivity (Wildman–Crippen MR) is 117 cm³/mol. The van der Waals surface area contributed by atoms with Crippen LogP contribution in [0.25, 0.3) is 0 Å². The minimum atomic E-state index is 0.0394. The minimum absolute atomic E-state index is 0.0394. The van der Waals surface area contributed by atoms with Gasteiger partial charge in [-0.15, -0.1) is 0 Å². The molecular weight excluding hydrogens is 378 g/mol. The second kappa shape index (κ2) is 10.9. The number of benzene rings is 3. The van der Waals surface area contributed by atoms with Crippen LogP contribution in [0.15, 0.2) is 78.9 Å². The quantitative estimate of drug-likeness (QED) is 0.490. The van der Waals surface area contributed by atoms with E-state index in [-0.39, 0.29) is 5.91 Å². The van der Waals surface area contributed by atoms with Crippen LogP contribution >= 0.6 is 0 Å². The monoisotopic (exact) mass is 405 g/mol. The van der Waals surface area contributed by atoms with E-state index >= 15 is 0 Å². The standard InChI is InChI=1S/C25H27NO4/c1-28-22-12-8-20(9-13-22)18-26(19-21-10-14-23(29-2)15-11-21)25(27)16-17-30-24-6-4-3-5-7-24/h3-15H,16-19H2,1-2H3. The molecule has 3 aromatic carbocycles. The summed E-state index contributed by atoms with van der Waals surface area (Å²) < 4.78 is 16.2. The second-order valence-corrected chi connectivity index (χ2v) is 6.86. The number of amides is 1. The van der Waals surface area contributed by atoms with Crippen molar-refractivity contribution in [3.8, 4) is 17.2 Å². The Morgan fingerprint density at radius 2 is 1.20 bits per heavy atom. The van der Waals surface area contributed by atoms with Crippen LogP contribution in [0.1, 0.15) is 17.5 Å². The van der Waals surface area contributed by atoms with Crippen molar-refractivity contribution in [3.63, 3.8) is 0 Å². The van der Waals surface area contributed by atoms with Gasteiger partial charge < -0.3 is 19.1 Å². The van der Waals surface area contributed by atoms with Gasteiger partial charge in [0.15, 0.2) is 0 Å². The highest BCUT2D eigenvalue weighted by Gasteiger charge is 2.15. The highest BCUT2D eigenvalue weighted by molar-refractivity contribution is 5.76. The first-order valence-electron chi connectivity index (χ1n) is 9.89. The number of para-hydroxylation sites is 1. The van der Waals surface area contributed by atoms with Crippen LogP contribution in [0.3, 0.4) is 0 Å². The maximum atomic E-state index is 13.0. The highest BCUT2D eigenvalue weighted by atomic mass is 16.5. The molecule has 0 aliphatic carbocycles. The van der Waals surface area contributed by atoms with Crippen molar-refractivity contribution in [1.29, 1.82) is 0 Å². The summed E-state index contributed by atoms with van der Waals surface area (Å²) in [5.41, 5.74) is 2.09. The minimum Gasteiger partial charge on any atom is -0.497 e. The molecule has 156 valence electrons. The van der Waals surface area contributed by atoms with Crippen LogP contribution in [0.4, 0.5) is 0 Å². The molecule has 0 aliphatic heterocycles. The molecule has 1 amide bonds. The van der Waals surface area contributed by atoms with Gasteiger partial charge >= 0.3 is 0 Å². The van der Waals surface area contributed by atoms with E-state index in [4.69, 9.17) is 14.2 Å². The molecule has 0 spiro atoms. The highest BCUT2D eigenvalue weighted by Crippen LogP contribution is 2.18. The molecule has 0 fully saturated rings. The second-order valence-electron chi connectivity index (χ2n) is 6.86. The van der Waals surface area contributed by atoms with Crippen molar-refractivity contribution in [1.82, 2.24) is 4.90 Å². The summed E-state index contributed by atoms with van der Waals surface area (Å²) in [4.78, 5) is 14.8. The van der Waals surface area contributed by atoms with Crippen molar-refractivity contribution in [2.24, 2.45) is 0 Å². The Bertz CT molecular complexity index is 859. The number of hydrogen-bond acceptors (Lipinski definition) is 4. The third-order valence-corrected chi connectivity index (χ3v) is 4.75. The summed E-state index contributed by atoms with van der Waals surface area (Å²) in [5, 5.41) is 0. The number of carbonyl (C=O) groups excluding carboxylic acids is 1. The molecule has 0 heterocycles. The molecule has 3 aromatic rings. The number of carbonyl (C=O) groups is 1. The molecule has 0 atom stereocenters. The van der Waals surface area contributed by atoms with Crippen LogP contribution in [-0.4, -0.2) is 31.6 Å². The molecule has 0 saturated heterocycles. The van der Waals surface area contributed by atoms with Gasteiger partial charge in [0.2, 0.25) is 5.91 Å². The van der Waals surface area contributed by atoms with Gasteiger partial charge in [-0.05, 0) is 47.5 Å². The average molecular weight is 405 g/mol. The number of methoxy groups -OCH3 is 2. The zero-order valence-electron chi connectivity index (χ0n) is 17.4. The third-order valence-electron chi connectivity index (χ3n) is 4.75. The smallest absolute Gasteiger partial charge is 0.226 e. The summed E-state index contributed by atoms with van der Waals surface area (Å²) in [6, 6.07) is 25.1. The molecule has 5 heteroatoms. The first kappa shape index (κ1) is 21.2. The van der Waals surface area contributed by atoms with E-state index in [0.29, 0.717) is 26.1 Å². The van der Waals surface area contributed by atoms with Gasteiger partial charge in [0, 0.05) is 13.1 Å². The summed E-state index contributed by atoms with van der Waals surface area (Å²) in [6.45, 7) is 1.37. The predicted octanol–water partition coefficient (Wildman–Crippen LogP) is 4.70. The summed E-state index contributed by atoms with van der Waals surface area (Å²) in [7, 11) is 3.28.